The molecule has 0 saturated carbocycles. The van der Waals surface area contributed by atoms with E-state index in [1.165, 1.54) is 27.5 Å². The van der Waals surface area contributed by atoms with Gasteiger partial charge in [-0.1, -0.05) is 24.6 Å². The number of rotatable bonds is 5. The lowest BCUT2D eigenvalue weighted by molar-refractivity contribution is 0.628. The molecule has 1 nitrogen and oxygen atoms in total. The van der Waals surface area contributed by atoms with Gasteiger partial charge in [0.1, 0.15) is 5.82 Å². The molecule has 0 aliphatic rings. The van der Waals surface area contributed by atoms with Gasteiger partial charge in [-0.2, -0.15) is 0 Å². The van der Waals surface area contributed by atoms with Crippen LogP contribution in [0, 0.1) is 5.82 Å². The Morgan fingerprint density at radius 3 is 2.58 bits per heavy atom. The zero-order chi connectivity index (χ0) is 13.7. The van der Waals surface area contributed by atoms with E-state index in [0.29, 0.717) is 0 Å². The van der Waals surface area contributed by atoms with E-state index in [2.05, 4.69) is 30.4 Å². The second-order valence-corrected chi connectivity index (χ2v) is 5.51. The summed E-state index contributed by atoms with van der Waals surface area (Å²) in [5.74, 6) is -0.192. The van der Waals surface area contributed by atoms with E-state index in [9.17, 15) is 4.39 Å². The van der Waals surface area contributed by atoms with Crippen LogP contribution in [0.1, 0.15) is 18.2 Å². The maximum Gasteiger partial charge on any atom is 0.123 e. The summed E-state index contributed by atoms with van der Waals surface area (Å²) < 4.78 is 12.9. The highest BCUT2D eigenvalue weighted by atomic mass is 32.1. The molecule has 1 aromatic carbocycles. The van der Waals surface area contributed by atoms with Gasteiger partial charge in [-0.3, -0.25) is 0 Å². The first-order chi connectivity index (χ1) is 9.22. The van der Waals surface area contributed by atoms with Crippen molar-refractivity contribution in [3.8, 4) is 10.4 Å². The smallest absolute Gasteiger partial charge is 0.123 e. The maximum absolute atomic E-state index is 12.9. The SMILES string of the molecule is CCC(=Cc1ccc(-c2ccc(F)cc2)s1)CNC. The normalized spacial score (nSPS) is 11.8. The van der Waals surface area contributed by atoms with Gasteiger partial charge in [-0.05, 0) is 49.4 Å². The molecule has 0 saturated heterocycles. The van der Waals surface area contributed by atoms with Gasteiger partial charge in [0, 0.05) is 16.3 Å². The largest absolute Gasteiger partial charge is 0.316 e. The monoisotopic (exact) mass is 275 g/mol. The van der Waals surface area contributed by atoms with Gasteiger partial charge in [0.25, 0.3) is 0 Å². The molecule has 0 spiro atoms. The minimum Gasteiger partial charge on any atom is -0.316 e. The lowest BCUT2D eigenvalue weighted by Crippen LogP contribution is -2.09. The Morgan fingerprint density at radius 1 is 1.21 bits per heavy atom. The van der Waals surface area contributed by atoms with E-state index >= 15 is 0 Å². The maximum atomic E-state index is 12.9. The summed E-state index contributed by atoms with van der Waals surface area (Å²) in [7, 11) is 1.96. The molecule has 0 aliphatic heterocycles. The minimum absolute atomic E-state index is 0.192. The quantitative estimate of drug-likeness (QED) is 0.843. The number of hydrogen-bond donors (Lipinski definition) is 1. The van der Waals surface area contributed by atoms with Gasteiger partial charge in [0.05, 0.1) is 0 Å². The van der Waals surface area contributed by atoms with Crippen molar-refractivity contribution in [3.05, 3.63) is 52.7 Å². The van der Waals surface area contributed by atoms with Crippen LogP contribution in [0.3, 0.4) is 0 Å². The summed E-state index contributed by atoms with van der Waals surface area (Å²) in [6, 6.07) is 10.9. The highest BCUT2D eigenvalue weighted by molar-refractivity contribution is 7.16. The number of benzene rings is 1. The number of thiophene rings is 1. The Balaban J connectivity index is 2.21. The second kappa shape index (κ2) is 6.64. The Kier molecular flexibility index (Phi) is 4.88. The van der Waals surface area contributed by atoms with Crippen LogP contribution in [0.15, 0.2) is 42.0 Å². The highest BCUT2D eigenvalue weighted by Gasteiger charge is 2.02. The van der Waals surface area contributed by atoms with Gasteiger partial charge < -0.3 is 5.32 Å². The molecule has 3 heteroatoms. The summed E-state index contributed by atoms with van der Waals surface area (Å²) >= 11 is 1.73. The van der Waals surface area contributed by atoms with Gasteiger partial charge >= 0.3 is 0 Å². The molecule has 100 valence electrons. The first-order valence-corrected chi connectivity index (χ1v) is 7.24. The summed E-state index contributed by atoms with van der Waals surface area (Å²) in [6.45, 7) is 3.08. The first kappa shape index (κ1) is 14.0. The molecule has 0 bridgehead atoms. The zero-order valence-electron chi connectivity index (χ0n) is 11.2. The van der Waals surface area contributed by atoms with Crippen LogP contribution in [0.5, 0.6) is 0 Å². The van der Waals surface area contributed by atoms with Crippen molar-refractivity contribution in [2.45, 2.75) is 13.3 Å². The molecule has 0 unspecified atom stereocenters. The molecule has 1 aromatic heterocycles. The minimum atomic E-state index is -0.192. The predicted octanol–water partition coefficient (Wildman–Crippen LogP) is 4.57. The molecule has 1 N–H and O–H groups in total. The second-order valence-electron chi connectivity index (χ2n) is 4.40. The lowest BCUT2D eigenvalue weighted by atomic mass is 10.1. The third-order valence-electron chi connectivity index (χ3n) is 2.96. The molecule has 2 aromatic rings. The number of hydrogen-bond acceptors (Lipinski definition) is 2. The molecule has 1 heterocycles. The average molecular weight is 275 g/mol. The fourth-order valence-corrected chi connectivity index (χ4v) is 2.91. The number of halogens is 1. The van der Waals surface area contributed by atoms with Gasteiger partial charge in [0.2, 0.25) is 0 Å². The summed E-state index contributed by atoms with van der Waals surface area (Å²) in [5, 5.41) is 3.18. The van der Waals surface area contributed by atoms with E-state index < -0.39 is 0 Å². The number of likely N-dealkylation sites (N-methyl/N-ethyl adjacent to an activating group) is 1. The van der Waals surface area contributed by atoms with Gasteiger partial charge in [-0.25, -0.2) is 4.39 Å². The fraction of sp³-hybridized carbons (Fsp3) is 0.250. The highest BCUT2D eigenvalue weighted by Crippen LogP contribution is 2.29. The topological polar surface area (TPSA) is 12.0 Å². The Bertz CT molecular complexity index is 554. The summed E-state index contributed by atoms with van der Waals surface area (Å²) in [6.07, 6.45) is 3.28. The molecular formula is C16H18FNS. The molecular weight excluding hydrogens is 257 g/mol. The van der Waals surface area contributed by atoms with E-state index in [1.54, 1.807) is 11.3 Å². The van der Waals surface area contributed by atoms with Crippen LogP contribution >= 0.6 is 11.3 Å². The van der Waals surface area contributed by atoms with Crippen molar-refractivity contribution < 1.29 is 4.39 Å². The Hall–Kier alpha value is -1.45. The van der Waals surface area contributed by atoms with Gasteiger partial charge in [0.15, 0.2) is 0 Å². The van der Waals surface area contributed by atoms with E-state index in [1.807, 2.05) is 19.2 Å². The predicted molar refractivity (Wildman–Crippen MR) is 81.9 cm³/mol. The van der Waals surface area contributed by atoms with Crippen molar-refractivity contribution in [1.29, 1.82) is 0 Å². The molecule has 19 heavy (non-hydrogen) atoms. The third kappa shape index (κ3) is 3.75. The zero-order valence-corrected chi connectivity index (χ0v) is 12.1. The van der Waals surface area contributed by atoms with Gasteiger partial charge in [-0.15, -0.1) is 11.3 Å². The van der Waals surface area contributed by atoms with E-state index in [-0.39, 0.29) is 5.82 Å². The van der Waals surface area contributed by atoms with E-state index in [0.717, 1.165) is 18.5 Å². The van der Waals surface area contributed by atoms with Crippen LogP contribution in [0.2, 0.25) is 0 Å². The molecule has 2 rings (SSSR count). The lowest BCUT2D eigenvalue weighted by Gasteiger charge is -2.01. The van der Waals surface area contributed by atoms with Crippen LogP contribution in [-0.2, 0) is 0 Å². The Labute approximate surface area is 117 Å². The van der Waals surface area contributed by atoms with Crippen molar-refractivity contribution in [3.63, 3.8) is 0 Å². The van der Waals surface area contributed by atoms with E-state index in [4.69, 9.17) is 0 Å². The summed E-state index contributed by atoms with van der Waals surface area (Å²) in [4.78, 5) is 2.41. The van der Waals surface area contributed by atoms with Crippen LogP contribution in [-0.4, -0.2) is 13.6 Å². The molecule has 0 atom stereocenters. The fourth-order valence-electron chi connectivity index (χ4n) is 1.91. The molecule has 0 fully saturated rings. The first-order valence-electron chi connectivity index (χ1n) is 6.42. The molecule has 0 radical (unpaired) electrons. The van der Waals surface area contributed by atoms with Crippen molar-refractivity contribution >= 4 is 17.4 Å². The summed E-state index contributed by atoms with van der Waals surface area (Å²) in [5.41, 5.74) is 2.45. The molecule has 0 aliphatic carbocycles. The number of nitrogens with one attached hydrogen (secondary N) is 1. The van der Waals surface area contributed by atoms with Crippen LogP contribution in [0.25, 0.3) is 16.5 Å². The van der Waals surface area contributed by atoms with Crippen LogP contribution < -0.4 is 5.32 Å². The van der Waals surface area contributed by atoms with Crippen molar-refractivity contribution in [2.24, 2.45) is 0 Å². The third-order valence-corrected chi connectivity index (χ3v) is 4.04. The average Bonchev–Trinajstić information content (AvgIpc) is 2.87. The Morgan fingerprint density at radius 2 is 1.95 bits per heavy atom. The standard InChI is InChI=1S/C16H18FNS/c1-3-12(11-18-2)10-15-8-9-16(19-15)13-4-6-14(17)7-5-13/h4-10,18H,3,11H2,1-2H3. The van der Waals surface area contributed by atoms with Crippen molar-refractivity contribution in [2.75, 3.05) is 13.6 Å². The molecule has 0 amide bonds. The van der Waals surface area contributed by atoms with Crippen LogP contribution in [0.4, 0.5) is 4.39 Å². The van der Waals surface area contributed by atoms with Crippen molar-refractivity contribution in [1.82, 2.24) is 5.32 Å².